The fourth-order valence-corrected chi connectivity index (χ4v) is 3.84. The average Bonchev–Trinajstić information content (AvgIpc) is 2.84. The van der Waals surface area contributed by atoms with Gasteiger partial charge in [0, 0.05) is 25.7 Å². The van der Waals surface area contributed by atoms with Crippen LogP contribution in [-0.4, -0.2) is 19.1 Å². The zero-order valence-electron chi connectivity index (χ0n) is 11.8. The lowest BCUT2D eigenvalue weighted by molar-refractivity contribution is 0.211. The van der Waals surface area contributed by atoms with Gasteiger partial charge in [-0.2, -0.15) is 0 Å². The SMILES string of the molecule is c1ccc(CNCC2CC3(CCCCC3)CN2)cc1. The first kappa shape index (κ1) is 13.1. The number of hydrogen-bond acceptors (Lipinski definition) is 2. The van der Waals surface area contributed by atoms with Crippen LogP contribution in [-0.2, 0) is 6.54 Å². The minimum Gasteiger partial charge on any atom is -0.312 e. The van der Waals surface area contributed by atoms with Crippen molar-refractivity contribution >= 4 is 0 Å². The summed E-state index contributed by atoms with van der Waals surface area (Å²) in [5.41, 5.74) is 2.03. The third-order valence-electron chi connectivity index (χ3n) is 4.92. The molecule has 1 spiro atoms. The molecule has 2 fully saturated rings. The Bertz CT molecular complexity index is 382. The molecule has 1 aliphatic heterocycles. The van der Waals surface area contributed by atoms with Gasteiger partial charge in [-0.15, -0.1) is 0 Å². The summed E-state index contributed by atoms with van der Waals surface area (Å²) in [7, 11) is 0. The van der Waals surface area contributed by atoms with Crippen molar-refractivity contribution in [3.63, 3.8) is 0 Å². The van der Waals surface area contributed by atoms with Crippen molar-refractivity contribution in [2.75, 3.05) is 13.1 Å². The molecule has 1 unspecified atom stereocenters. The summed E-state index contributed by atoms with van der Waals surface area (Å²) in [6.07, 6.45) is 8.65. The minimum absolute atomic E-state index is 0.650. The van der Waals surface area contributed by atoms with Crippen LogP contribution < -0.4 is 10.6 Å². The molecule has 104 valence electrons. The highest BCUT2D eigenvalue weighted by Gasteiger charge is 2.39. The second-order valence-electron chi connectivity index (χ2n) is 6.46. The molecule has 2 aliphatic rings. The molecule has 2 N–H and O–H groups in total. The summed E-state index contributed by atoms with van der Waals surface area (Å²) >= 11 is 0. The largest absolute Gasteiger partial charge is 0.312 e. The van der Waals surface area contributed by atoms with Crippen LogP contribution in [0.5, 0.6) is 0 Å². The van der Waals surface area contributed by atoms with Gasteiger partial charge in [-0.25, -0.2) is 0 Å². The molecule has 3 rings (SSSR count). The molecular formula is C17H26N2. The Morgan fingerprint density at radius 3 is 2.68 bits per heavy atom. The Morgan fingerprint density at radius 1 is 1.11 bits per heavy atom. The monoisotopic (exact) mass is 258 g/mol. The predicted molar refractivity (Wildman–Crippen MR) is 80.1 cm³/mol. The van der Waals surface area contributed by atoms with Crippen LogP contribution in [0.25, 0.3) is 0 Å². The lowest BCUT2D eigenvalue weighted by Crippen LogP contribution is -2.33. The Hall–Kier alpha value is -0.860. The molecule has 1 aromatic carbocycles. The predicted octanol–water partition coefficient (Wildman–Crippen LogP) is 3.09. The lowest BCUT2D eigenvalue weighted by Gasteiger charge is -2.32. The van der Waals surface area contributed by atoms with Gasteiger partial charge in [0.2, 0.25) is 0 Å². The quantitative estimate of drug-likeness (QED) is 0.867. The van der Waals surface area contributed by atoms with Gasteiger partial charge < -0.3 is 10.6 Å². The summed E-state index contributed by atoms with van der Waals surface area (Å²) in [6.45, 7) is 3.35. The molecule has 2 heteroatoms. The number of hydrogen-bond donors (Lipinski definition) is 2. The van der Waals surface area contributed by atoms with E-state index in [4.69, 9.17) is 0 Å². The van der Waals surface area contributed by atoms with Gasteiger partial charge in [-0.3, -0.25) is 0 Å². The first-order valence-electron chi connectivity index (χ1n) is 7.84. The molecule has 0 radical (unpaired) electrons. The molecule has 1 saturated heterocycles. The van der Waals surface area contributed by atoms with Crippen molar-refractivity contribution in [2.24, 2.45) is 5.41 Å². The molecule has 0 aromatic heterocycles. The maximum absolute atomic E-state index is 3.74. The molecule has 1 aromatic rings. The Kier molecular flexibility index (Phi) is 4.19. The minimum atomic E-state index is 0.650. The van der Waals surface area contributed by atoms with Crippen molar-refractivity contribution in [1.82, 2.24) is 10.6 Å². The van der Waals surface area contributed by atoms with Crippen molar-refractivity contribution in [3.05, 3.63) is 35.9 Å². The molecule has 19 heavy (non-hydrogen) atoms. The van der Waals surface area contributed by atoms with E-state index in [1.807, 2.05) is 0 Å². The van der Waals surface area contributed by atoms with Crippen LogP contribution in [0.2, 0.25) is 0 Å². The molecule has 0 bridgehead atoms. The third kappa shape index (κ3) is 3.37. The number of nitrogens with one attached hydrogen (secondary N) is 2. The highest BCUT2D eigenvalue weighted by atomic mass is 15.0. The van der Waals surface area contributed by atoms with E-state index < -0.39 is 0 Å². The van der Waals surface area contributed by atoms with Crippen LogP contribution in [0, 0.1) is 5.41 Å². The highest BCUT2D eigenvalue weighted by molar-refractivity contribution is 5.14. The second-order valence-corrected chi connectivity index (χ2v) is 6.46. The van der Waals surface area contributed by atoms with Gasteiger partial charge in [0.1, 0.15) is 0 Å². The van der Waals surface area contributed by atoms with E-state index in [0.717, 1.165) is 13.1 Å². The van der Waals surface area contributed by atoms with Gasteiger partial charge in [-0.05, 0) is 30.2 Å². The zero-order chi connectivity index (χ0) is 13.0. The van der Waals surface area contributed by atoms with E-state index in [1.54, 1.807) is 0 Å². The standard InChI is InChI=1S/C17H26N2/c1-3-7-15(8-4-1)12-18-13-16-11-17(14-19-16)9-5-2-6-10-17/h1,3-4,7-8,16,18-19H,2,5-6,9-14H2. The van der Waals surface area contributed by atoms with E-state index in [-0.39, 0.29) is 0 Å². The van der Waals surface area contributed by atoms with Crippen LogP contribution >= 0.6 is 0 Å². The van der Waals surface area contributed by atoms with Gasteiger partial charge in [0.15, 0.2) is 0 Å². The first-order valence-corrected chi connectivity index (χ1v) is 7.84. The van der Waals surface area contributed by atoms with Gasteiger partial charge in [0.05, 0.1) is 0 Å². The van der Waals surface area contributed by atoms with E-state index in [1.165, 1.54) is 50.6 Å². The Balaban J connectivity index is 1.42. The Morgan fingerprint density at radius 2 is 1.89 bits per heavy atom. The topological polar surface area (TPSA) is 24.1 Å². The van der Waals surface area contributed by atoms with Crippen LogP contribution in [0.1, 0.15) is 44.1 Å². The van der Waals surface area contributed by atoms with Gasteiger partial charge >= 0.3 is 0 Å². The van der Waals surface area contributed by atoms with Crippen LogP contribution in [0.15, 0.2) is 30.3 Å². The van der Waals surface area contributed by atoms with Gasteiger partial charge in [-0.1, -0.05) is 49.6 Å². The molecule has 0 amide bonds. The molecular weight excluding hydrogens is 232 g/mol. The molecule has 1 saturated carbocycles. The normalized spacial score (nSPS) is 25.8. The summed E-state index contributed by atoms with van der Waals surface area (Å²) in [5, 5.41) is 7.34. The summed E-state index contributed by atoms with van der Waals surface area (Å²) in [4.78, 5) is 0. The number of rotatable bonds is 4. The number of benzene rings is 1. The molecule has 2 nitrogen and oxygen atoms in total. The second kappa shape index (κ2) is 6.06. The fraction of sp³-hybridized carbons (Fsp3) is 0.647. The maximum atomic E-state index is 3.74. The van der Waals surface area contributed by atoms with Gasteiger partial charge in [0.25, 0.3) is 0 Å². The lowest BCUT2D eigenvalue weighted by atomic mass is 9.73. The summed E-state index contributed by atoms with van der Waals surface area (Å²) in [6, 6.07) is 11.4. The molecule has 1 aliphatic carbocycles. The van der Waals surface area contributed by atoms with E-state index in [2.05, 4.69) is 41.0 Å². The summed E-state index contributed by atoms with van der Waals surface area (Å²) in [5.74, 6) is 0. The van der Waals surface area contributed by atoms with Crippen LogP contribution in [0.4, 0.5) is 0 Å². The highest BCUT2D eigenvalue weighted by Crippen LogP contribution is 2.42. The average molecular weight is 258 g/mol. The van der Waals surface area contributed by atoms with Crippen molar-refractivity contribution in [3.8, 4) is 0 Å². The smallest absolute Gasteiger partial charge is 0.0206 e. The van der Waals surface area contributed by atoms with Crippen molar-refractivity contribution in [2.45, 2.75) is 51.1 Å². The molecule has 1 heterocycles. The van der Waals surface area contributed by atoms with Crippen molar-refractivity contribution < 1.29 is 0 Å². The summed E-state index contributed by atoms with van der Waals surface area (Å²) < 4.78 is 0. The maximum Gasteiger partial charge on any atom is 0.0206 e. The van der Waals surface area contributed by atoms with E-state index in [0.29, 0.717) is 11.5 Å². The molecule has 1 atom stereocenters. The van der Waals surface area contributed by atoms with Crippen LogP contribution in [0.3, 0.4) is 0 Å². The zero-order valence-corrected chi connectivity index (χ0v) is 11.8. The third-order valence-corrected chi connectivity index (χ3v) is 4.92. The van der Waals surface area contributed by atoms with E-state index in [9.17, 15) is 0 Å². The Labute approximate surface area is 117 Å². The first-order chi connectivity index (χ1) is 9.36. The van der Waals surface area contributed by atoms with Crippen molar-refractivity contribution in [1.29, 1.82) is 0 Å². The van der Waals surface area contributed by atoms with E-state index >= 15 is 0 Å². The fourth-order valence-electron chi connectivity index (χ4n) is 3.84.